The summed E-state index contributed by atoms with van der Waals surface area (Å²) in [5.41, 5.74) is -0.00157. The Morgan fingerprint density at radius 2 is 1.63 bits per heavy atom. The van der Waals surface area contributed by atoms with Gasteiger partial charge in [0, 0.05) is 0 Å². The van der Waals surface area contributed by atoms with Gasteiger partial charge in [-0.1, -0.05) is 36.4 Å². The summed E-state index contributed by atoms with van der Waals surface area (Å²) in [6.45, 7) is 3.86. The van der Waals surface area contributed by atoms with E-state index >= 15 is 0 Å². The number of fused-ring (bicyclic) bond motifs is 1. The average molecular weight is 260 g/mol. The highest BCUT2D eigenvalue weighted by Gasteiger charge is 2.51. The van der Waals surface area contributed by atoms with Crippen molar-refractivity contribution >= 4 is 18.0 Å². The number of ether oxygens (including phenoxy) is 2. The van der Waals surface area contributed by atoms with E-state index < -0.39 is 17.4 Å². The molecular weight excluding hydrogens is 244 g/mol. The number of carbonyl (C=O) groups is 2. The molecule has 4 nitrogen and oxygen atoms in total. The van der Waals surface area contributed by atoms with Crippen LogP contribution in [-0.4, -0.2) is 25.2 Å². The average Bonchev–Trinajstić information content (AvgIpc) is 2.80. The van der Waals surface area contributed by atoms with Gasteiger partial charge in [0.05, 0.1) is 13.2 Å². The first-order valence-corrected chi connectivity index (χ1v) is 6.30. The smallest absolute Gasteiger partial charge is 0.332 e. The Hall–Kier alpha value is -2.10. The fraction of sp³-hybridized carbons (Fsp3) is 0.333. The van der Waals surface area contributed by atoms with E-state index in [0.717, 1.165) is 5.56 Å². The second kappa shape index (κ2) is 5.26. The number of carbonyl (C=O) groups excluding carboxylic acids is 2. The Balaban J connectivity index is 2.52. The second-order valence-electron chi connectivity index (χ2n) is 4.17. The summed E-state index contributed by atoms with van der Waals surface area (Å²) in [6.07, 6.45) is 3.32. The highest BCUT2D eigenvalue weighted by molar-refractivity contribution is 6.11. The third kappa shape index (κ3) is 2.03. The Kier molecular flexibility index (Phi) is 3.69. The molecule has 1 aliphatic rings. The van der Waals surface area contributed by atoms with Crippen molar-refractivity contribution in [3.8, 4) is 0 Å². The molecule has 0 aromatic heterocycles. The third-order valence-corrected chi connectivity index (χ3v) is 3.09. The minimum Gasteiger partial charge on any atom is -0.465 e. The maximum absolute atomic E-state index is 12.3. The van der Waals surface area contributed by atoms with E-state index in [1.807, 2.05) is 12.1 Å². The highest BCUT2D eigenvalue weighted by atomic mass is 16.6. The lowest BCUT2D eigenvalue weighted by atomic mass is 9.82. The molecule has 19 heavy (non-hydrogen) atoms. The number of esters is 2. The molecule has 0 amide bonds. The van der Waals surface area contributed by atoms with Gasteiger partial charge in [-0.05, 0) is 25.0 Å². The van der Waals surface area contributed by atoms with Crippen LogP contribution in [0.5, 0.6) is 0 Å². The van der Waals surface area contributed by atoms with Crippen LogP contribution in [0.4, 0.5) is 0 Å². The van der Waals surface area contributed by atoms with Gasteiger partial charge in [0.2, 0.25) is 5.41 Å². The molecule has 1 aromatic rings. The summed E-state index contributed by atoms with van der Waals surface area (Å²) in [4.78, 5) is 24.5. The molecule has 0 radical (unpaired) electrons. The van der Waals surface area contributed by atoms with Crippen LogP contribution in [0.25, 0.3) is 6.08 Å². The van der Waals surface area contributed by atoms with Gasteiger partial charge >= 0.3 is 11.9 Å². The molecule has 0 bridgehead atoms. The van der Waals surface area contributed by atoms with Gasteiger partial charge in [-0.15, -0.1) is 0 Å². The van der Waals surface area contributed by atoms with Gasteiger partial charge < -0.3 is 9.47 Å². The van der Waals surface area contributed by atoms with E-state index in [-0.39, 0.29) is 13.2 Å². The summed E-state index contributed by atoms with van der Waals surface area (Å²) in [5, 5.41) is 0. The summed E-state index contributed by atoms with van der Waals surface area (Å²) < 4.78 is 10.1. The van der Waals surface area contributed by atoms with Crippen molar-refractivity contribution in [2.24, 2.45) is 0 Å². The molecule has 0 aliphatic heterocycles. The molecule has 0 saturated carbocycles. The van der Waals surface area contributed by atoms with E-state index in [1.165, 1.54) is 0 Å². The second-order valence-corrected chi connectivity index (χ2v) is 4.17. The normalized spacial score (nSPS) is 14.8. The van der Waals surface area contributed by atoms with Gasteiger partial charge in [-0.3, -0.25) is 9.59 Å². The Morgan fingerprint density at radius 1 is 1.05 bits per heavy atom. The summed E-state index contributed by atoms with van der Waals surface area (Å²) in [6, 6.07) is 7.25. The Bertz CT molecular complexity index is 513. The van der Waals surface area contributed by atoms with Crippen molar-refractivity contribution in [1.29, 1.82) is 0 Å². The van der Waals surface area contributed by atoms with Crippen molar-refractivity contribution in [3.05, 3.63) is 41.5 Å². The molecule has 4 heteroatoms. The van der Waals surface area contributed by atoms with Gasteiger partial charge in [0.25, 0.3) is 0 Å². The fourth-order valence-electron chi connectivity index (χ4n) is 2.24. The lowest BCUT2D eigenvalue weighted by Gasteiger charge is -2.24. The molecule has 0 fully saturated rings. The van der Waals surface area contributed by atoms with Crippen LogP contribution in [-0.2, 0) is 24.5 Å². The van der Waals surface area contributed by atoms with E-state index in [4.69, 9.17) is 9.47 Å². The molecule has 0 N–H and O–H groups in total. The number of rotatable bonds is 4. The first-order chi connectivity index (χ1) is 9.16. The highest BCUT2D eigenvalue weighted by Crippen LogP contribution is 2.38. The maximum atomic E-state index is 12.3. The topological polar surface area (TPSA) is 52.6 Å². The van der Waals surface area contributed by atoms with E-state index in [0.29, 0.717) is 5.56 Å². The summed E-state index contributed by atoms with van der Waals surface area (Å²) in [7, 11) is 0. The molecule has 0 atom stereocenters. The number of benzene rings is 1. The van der Waals surface area contributed by atoms with Crippen molar-refractivity contribution in [2.75, 3.05) is 13.2 Å². The molecule has 0 unspecified atom stereocenters. The quantitative estimate of drug-likeness (QED) is 0.614. The Morgan fingerprint density at radius 3 is 2.21 bits per heavy atom. The van der Waals surface area contributed by atoms with Gasteiger partial charge in [0.15, 0.2) is 0 Å². The zero-order valence-corrected chi connectivity index (χ0v) is 11.0. The first-order valence-electron chi connectivity index (χ1n) is 6.30. The van der Waals surface area contributed by atoms with E-state index in [1.54, 1.807) is 38.1 Å². The Labute approximate surface area is 112 Å². The van der Waals surface area contributed by atoms with Crippen LogP contribution < -0.4 is 0 Å². The van der Waals surface area contributed by atoms with Crippen LogP contribution in [0.3, 0.4) is 0 Å². The van der Waals surface area contributed by atoms with Gasteiger partial charge in [-0.2, -0.15) is 0 Å². The zero-order chi connectivity index (χ0) is 13.9. The van der Waals surface area contributed by atoms with Crippen molar-refractivity contribution in [1.82, 2.24) is 0 Å². The van der Waals surface area contributed by atoms with Crippen molar-refractivity contribution < 1.29 is 19.1 Å². The van der Waals surface area contributed by atoms with Crippen LogP contribution in [0.1, 0.15) is 25.0 Å². The number of hydrogen-bond acceptors (Lipinski definition) is 4. The van der Waals surface area contributed by atoms with Crippen LogP contribution >= 0.6 is 0 Å². The van der Waals surface area contributed by atoms with Crippen LogP contribution in [0.15, 0.2) is 30.3 Å². The van der Waals surface area contributed by atoms with Gasteiger partial charge in [-0.25, -0.2) is 0 Å². The van der Waals surface area contributed by atoms with Crippen molar-refractivity contribution in [2.45, 2.75) is 19.3 Å². The minimum absolute atomic E-state index is 0.218. The summed E-state index contributed by atoms with van der Waals surface area (Å²) in [5.74, 6) is -1.18. The molecular formula is C15H16O4. The molecule has 100 valence electrons. The maximum Gasteiger partial charge on any atom is 0.332 e. The summed E-state index contributed by atoms with van der Waals surface area (Å²) >= 11 is 0. The third-order valence-electron chi connectivity index (χ3n) is 3.09. The predicted octanol–water partition coefficient (Wildman–Crippen LogP) is 2.08. The van der Waals surface area contributed by atoms with Gasteiger partial charge in [0.1, 0.15) is 0 Å². The fourth-order valence-corrected chi connectivity index (χ4v) is 2.24. The molecule has 1 aliphatic carbocycles. The van der Waals surface area contributed by atoms with E-state index in [2.05, 4.69) is 0 Å². The number of hydrogen-bond donors (Lipinski definition) is 0. The SMILES string of the molecule is CCOC(=O)C1(C(=O)OCC)C=Cc2ccccc21. The van der Waals surface area contributed by atoms with E-state index in [9.17, 15) is 9.59 Å². The molecule has 0 spiro atoms. The lowest BCUT2D eigenvalue weighted by Crippen LogP contribution is -2.43. The molecule has 0 saturated heterocycles. The molecule has 2 rings (SSSR count). The first kappa shape index (κ1) is 13.3. The van der Waals surface area contributed by atoms with Crippen LogP contribution in [0.2, 0.25) is 0 Å². The predicted molar refractivity (Wildman–Crippen MR) is 70.4 cm³/mol. The zero-order valence-electron chi connectivity index (χ0n) is 11.0. The molecule has 0 heterocycles. The minimum atomic E-state index is -1.46. The molecule has 1 aromatic carbocycles. The monoisotopic (exact) mass is 260 g/mol. The standard InChI is InChI=1S/C15H16O4/c1-3-18-13(16)15(14(17)19-4-2)10-9-11-7-5-6-8-12(11)15/h5-10H,3-4H2,1-2H3. The largest absolute Gasteiger partial charge is 0.465 e. The van der Waals surface area contributed by atoms with Crippen LogP contribution in [0, 0.1) is 0 Å². The van der Waals surface area contributed by atoms with Crippen molar-refractivity contribution in [3.63, 3.8) is 0 Å². The lowest BCUT2D eigenvalue weighted by molar-refractivity contribution is -0.161.